The number of halogens is 1. The van der Waals surface area contributed by atoms with Crippen molar-refractivity contribution in [1.82, 2.24) is 20.2 Å². The number of ether oxygens (including phenoxy) is 3. The number of anilines is 2. The molecule has 0 radical (unpaired) electrons. The molecular formula is C25H26FN5O4. The highest BCUT2D eigenvalue weighted by molar-refractivity contribution is 5.99. The Balaban J connectivity index is 1.33. The molecule has 2 aromatic carbocycles. The van der Waals surface area contributed by atoms with Gasteiger partial charge in [0.15, 0.2) is 17.3 Å². The van der Waals surface area contributed by atoms with Crippen LogP contribution in [0.3, 0.4) is 0 Å². The molecule has 3 heterocycles. The molecule has 2 N–H and O–H groups in total. The van der Waals surface area contributed by atoms with Gasteiger partial charge in [0.25, 0.3) is 5.91 Å². The van der Waals surface area contributed by atoms with Gasteiger partial charge in [0, 0.05) is 37.1 Å². The molecule has 1 fully saturated rings. The molecule has 0 aliphatic carbocycles. The predicted octanol–water partition coefficient (Wildman–Crippen LogP) is 3.21. The zero-order valence-electron chi connectivity index (χ0n) is 19.1. The number of aromatic nitrogens is 2. The van der Waals surface area contributed by atoms with E-state index in [0.717, 1.165) is 39.3 Å². The Morgan fingerprint density at radius 2 is 1.86 bits per heavy atom. The largest absolute Gasteiger partial charge is 0.454 e. The Kier molecular flexibility index (Phi) is 7.01. The number of benzene rings is 2. The van der Waals surface area contributed by atoms with Crippen LogP contribution in [0.4, 0.5) is 15.9 Å². The molecule has 1 saturated heterocycles. The summed E-state index contributed by atoms with van der Waals surface area (Å²) in [5.41, 5.74) is 1.61. The molecule has 0 bridgehead atoms. The number of nitrogens with one attached hydrogen (secondary N) is 2. The lowest BCUT2D eigenvalue weighted by Crippen LogP contribution is -2.38. The van der Waals surface area contributed by atoms with Crippen LogP contribution in [0, 0.1) is 5.82 Å². The summed E-state index contributed by atoms with van der Waals surface area (Å²) in [6, 6.07) is 11.3. The van der Waals surface area contributed by atoms with E-state index in [2.05, 4.69) is 25.5 Å². The summed E-state index contributed by atoms with van der Waals surface area (Å²) in [6.07, 6.45) is 2.32. The minimum Gasteiger partial charge on any atom is -0.454 e. The van der Waals surface area contributed by atoms with Gasteiger partial charge in [-0.2, -0.15) is 0 Å². The van der Waals surface area contributed by atoms with Crippen molar-refractivity contribution in [2.24, 2.45) is 0 Å². The second-order valence-electron chi connectivity index (χ2n) is 8.22. The number of carbonyl (C=O) groups is 1. The maximum absolute atomic E-state index is 13.4. The van der Waals surface area contributed by atoms with Gasteiger partial charge in [-0.3, -0.25) is 9.69 Å². The van der Waals surface area contributed by atoms with E-state index in [-0.39, 0.29) is 18.5 Å². The molecule has 0 unspecified atom stereocenters. The first-order chi connectivity index (χ1) is 17.2. The Morgan fingerprint density at radius 1 is 1.06 bits per heavy atom. The topological polar surface area (TPSA) is 97.8 Å². The number of carbonyl (C=O) groups excluding carboxylic acids is 1. The summed E-state index contributed by atoms with van der Waals surface area (Å²) in [5, 5.41) is 6.08. The SMILES string of the molecule is O=C(NCCCN1CCOCC1)c1cnc(-c2ccc3c(c2)OCO3)nc1Nc1ccc(F)cc1. The van der Waals surface area contributed by atoms with Gasteiger partial charge in [-0.1, -0.05) is 0 Å². The Labute approximate surface area is 202 Å². The number of rotatable bonds is 8. The molecule has 35 heavy (non-hydrogen) atoms. The van der Waals surface area contributed by atoms with E-state index in [1.165, 1.54) is 18.3 Å². The number of morpholine rings is 1. The third-order valence-corrected chi connectivity index (χ3v) is 5.81. The summed E-state index contributed by atoms with van der Waals surface area (Å²) in [6.45, 7) is 4.90. The van der Waals surface area contributed by atoms with Crippen molar-refractivity contribution in [2.45, 2.75) is 6.42 Å². The standard InChI is InChI=1S/C25H26FN5O4/c26-18-3-5-19(6-4-18)29-24-20(25(32)27-8-1-9-31-10-12-33-13-11-31)15-28-23(30-24)17-2-7-21-22(14-17)35-16-34-21/h2-7,14-15H,1,8-13,16H2,(H,27,32)(H,28,29,30). The van der Waals surface area contributed by atoms with Crippen LogP contribution in [0.5, 0.6) is 11.5 Å². The lowest BCUT2D eigenvalue weighted by atomic mass is 10.1. The third-order valence-electron chi connectivity index (χ3n) is 5.81. The van der Waals surface area contributed by atoms with Crippen molar-refractivity contribution >= 4 is 17.4 Å². The van der Waals surface area contributed by atoms with Crippen LogP contribution in [-0.4, -0.2) is 67.0 Å². The number of amides is 1. The minimum absolute atomic E-state index is 0.168. The van der Waals surface area contributed by atoms with Crippen molar-refractivity contribution in [2.75, 3.05) is 51.5 Å². The fourth-order valence-corrected chi connectivity index (χ4v) is 3.91. The molecule has 10 heteroatoms. The quantitative estimate of drug-likeness (QED) is 0.476. The first kappa shape index (κ1) is 23.0. The van der Waals surface area contributed by atoms with E-state index in [1.807, 2.05) is 6.07 Å². The van der Waals surface area contributed by atoms with Crippen molar-refractivity contribution in [3.63, 3.8) is 0 Å². The second-order valence-corrected chi connectivity index (χ2v) is 8.22. The van der Waals surface area contributed by atoms with Gasteiger partial charge in [0.1, 0.15) is 17.2 Å². The molecule has 2 aliphatic rings. The Bertz CT molecular complexity index is 1180. The highest BCUT2D eigenvalue weighted by Crippen LogP contribution is 2.35. The number of hydrogen-bond donors (Lipinski definition) is 2. The molecule has 1 amide bonds. The van der Waals surface area contributed by atoms with Crippen LogP contribution in [0.2, 0.25) is 0 Å². The van der Waals surface area contributed by atoms with E-state index < -0.39 is 0 Å². The van der Waals surface area contributed by atoms with E-state index >= 15 is 0 Å². The van der Waals surface area contributed by atoms with Crippen LogP contribution < -0.4 is 20.1 Å². The highest BCUT2D eigenvalue weighted by atomic mass is 19.1. The first-order valence-electron chi connectivity index (χ1n) is 11.5. The number of fused-ring (bicyclic) bond motifs is 1. The first-order valence-corrected chi connectivity index (χ1v) is 11.5. The zero-order valence-corrected chi connectivity index (χ0v) is 19.1. The van der Waals surface area contributed by atoms with Gasteiger partial charge in [0.05, 0.1) is 13.2 Å². The minimum atomic E-state index is -0.350. The summed E-state index contributed by atoms with van der Waals surface area (Å²) in [7, 11) is 0. The molecule has 0 saturated carbocycles. The van der Waals surface area contributed by atoms with E-state index in [4.69, 9.17) is 14.2 Å². The molecule has 1 aromatic heterocycles. The van der Waals surface area contributed by atoms with Gasteiger partial charge in [-0.15, -0.1) is 0 Å². The van der Waals surface area contributed by atoms with Gasteiger partial charge in [-0.25, -0.2) is 14.4 Å². The predicted molar refractivity (Wildman–Crippen MR) is 127 cm³/mol. The Hall–Kier alpha value is -3.76. The van der Waals surface area contributed by atoms with Crippen molar-refractivity contribution in [1.29, 1.82) is 0 Å². The molecule has 5 rings (SSSR count). The van der Waals surface area contributed by atoms with Gasteiger partial charge in [0.2, 0.25) is 6.79 Å². The molecule has 182 valence electrons. The summed E-state index contributed by atoms with van der Waals surface area (Å²) in [4.78, 5) is 24.4. The fraction of sp³-hybridized carbons (Fsp3) is 0.320. The number of nitrogens with zero attached hydrogens (tertiary/aromatic N) is 3. The Morgan fingerprint density at radius 3 is 2.69 bits per heavy atom. The molecule has 9 nitrogen and oxygen atoms in total. The molecule has 2 aliphatic heterocycles. The summed E-state index contributed by atoms with van der Waals surface area (Å²) < 4.78 is 29.6. The monoisotopic (exact) mass is 479 g/mol. The highest BCUT2D eigenvalue weighted by Gasteiger charge is 2.19. The third kappa shape index (κ3) is 5.67. The van der Waals surface area contributed by atoms with Crippen LogP contribution in [0.25, 0.3) is 11.4 Å². The van der Waals surface area contributed by atoms with Crippen molar-refractivity contribution < 1.29 is 23.4 Å². The van der Waals surface area contributed by atoms with Crippen LogP contribution >= 0.6 is 0 Å². The van der Waals surface area contributed by atoms with Crippen LogP contribution in [0.15, 0.2) is 48.7 Å². The fourth-order valence-electron chi connectivity index (χ4n) is 3.91. The smallest absolute Gasteiger partial charge is 0.256 e. The van der Waals surface area contributed by atoms with Gasteiger partial charge in [-0.05, 0) is 55.4 Å². The van der Waals surface area contributed by atoms with Gasteiger partial charge >= 0.3 is 0 Å². The van der Waals surface area contributed by atoms with E-state index in [1.54, 1.807) is 24.3 Å². The van der Waals surface area contributed by atoms with Crippen molar-refractivity contribution in [3.05, 3.63) is 60.0 Å². The van der Waals surface area contributed by atoms with Crippen molar-refractivity contribution in [3.8, 4) is 22.9 Å². The average molecular weight is 480 g/mol. The second kappa shape index (κ2) is 10.7. The van der Waals surface area contributed by atoms with E-state index in [0.29, 0.717) is 46.5 Å². The molecule has 3 aromatic rings. The van der Waals surface area contributed by atoms with E-state index in [9.17, 15) is 9.18 Å². The molecule has 0 spiro atoms. The lowest BCUT2D eigenvalue weighted by Gasteiger charge is -2.26. The zero-order chi connectivity index (χ0) is 24.0. The normalized spacial score (nSPS) is 15.1. The van der Waals surface area contributed by atoms with Gasteiger partial charge < -0.3 is 24.8 Å². The summed E-state index contributed by atoms with van der Waals surface area (Å²) >= 11 is 0. The lowest BCUT2D eigenvalue weighted by molar-refractivity contribution is 0.0374. The molecule has 0 atom stereocenters. The molecular weight excluding hydrogens is 453 g/mol. The average Bonchev–Trinajstić information content (AvgIpc) is 3.36. The van der Waals surface area contributed by atoms with Crippen LogP contribution in [0.1, 0.15) is 16.8 Å². The number of hydrogen-bond acceptors (Lipinski definition) is 8. The summed E-state index contributed by atoms with van der Waals surface area (Å²) in [5.74, 6) is 1.38. The van der Waals surface area contributed by atoms with Crippen LogP contribution in [-0.2, 0) is 4.74 Å². The maximum Gasteiger partial charge on any atom is 0.256 e. The maximum atomic E-state index is 13.4.